The molecule has 5 nitrogen and oxygen atoms in total. The fourth-order valence-electron chi connectivity index (χ4n) is 4.71. The number of likely N-dealkylation sites (N-methyl/N-ethyl adjacent to an activating group) is 1. The zero-order valence-electron chi connectivity index (χ0n) is 23.9. The molecule has 0 radical (unpaired) electrons. The van der Waals surface area contributed by atoms with E-state index in [-0.39, 0.29) is 12.4 Å². The van der Waals surface area contributed by atoms with Crippen LogP contribution < -0.4 is 5.11 Å². The number of carbonyl (C=O) groups is 2. The van der Waals surface area contributed by atoms with E-state index in [1.807, 2.05) is 21.1 Å². The van der Waals surface area contributed by atoms with Gasteiger partial charge in [0, 0.05) is 18.8 Å². The molecular weight excluding hydrogens is 438 g/mol. The largest absolute Gasteiger partial charge is 0.550 e. The predicted molar refractivity (Wildman–Crippen MR) is 145 cm³/mol. The van der Waals surface area contributed by atoms with Gasteiger partial charge in [-0.1, -0.05) is 129 Å². The average Bonchev–Trinajstić information content (AvgIpc) is 2.76. The third kappa shape index (κ3) is 27.3. The Balaban J connectivity index is 3.43. The highest BCUT2D eigenvalue weighted by Gasteiger charge is 2.22. The van der Waals surface area contributed by atoms with Gasteiger partial charge in [-0.05, 0) is 6.42 Å². The Bertz CT molecular complexity index is 501. The molecule has 35 heavy (non-hydrogen) atoms. The minimum Gasteiger partial charge on any atom is -0.550 e. The van der Waals surface area contributed by atoms with Gasteiger partial charge >= 0.3 is 5.97 Å². The maximum atomic E-state index is 12.1. The molecule has 0 rings (SSSR count). The lowest BCUT2D eigenvalue weighted by molar-refractivity contribution is -0.873. The lowest BCUT2D eigenvalue weighted by Crippen LogP contribution is -2.45. The summed E-state index contributed by atoms with van der Waals surface area (Å²) < 4.78 is 5.95. The fraction of sp³-hybridized carbons (Fsp3) is 0.933. The number of quaternary nitrogens is 1. The number of carboxylic acid groups (broad SMARTS) is 1. The monoisotopic (exact) mass is 497 g/mol. The van der Waals surface area contributed by atoms with Crippen molar-refractivity contribution in [1.29, 1.82) is 0 Å². The third-order valence-corrected chi connectivity index (χ3v) is 6.68. The normalized spacial score (nSPS) is 12.6. The van der Waals surface area contributed by atoms with Gasteiger partial charge in [0.05, 0.1) is 21.1 Å². The summed E-state index contributed by atoms with van der Waals surface area (Å²) in [5.41, 5.74) is 0. The van der Waals surface area contributed by atoms with E-state index < -0.39 is 12.1 Å². The molecule has 5 heteroatoms. The van der Waals surface area contributed by atoms with Gasteiger partial charge in [-0.2, -0.15) is 0 Å². The molecule has 0 aliphatic carbocycles. The molecule has 0 bridgehead atoms. The number of unbranched alkanes of at least 4 members (excludes halogenated alkanes) is 19. The van der Waals surface area contributed by atoms with Gasteiger partial charge in [-0.25, -0.2) is 0 Å². The molecule has 0 aromatic carbocycles. The second kappa shape index (κ2) is 23.3. The van der Waals surface area contributed by atoms with Crippen LogP contribution >= 0.6 is 0 Å². The van der Waals surface area contributed by atoms with Crippen molar-refractivity contribution < 1.29 is 23.9 Å². The van der Waals surface area contributed by atoms with Gasteiger partial charge in [-0.15, -0.1) is 0 Å². The minimum atomic E-state index is -1.17. The van der Waals surface area contributed by atoms with Crippen molar-refractivity contribution in [3.8, 4) is 0 Å². The molecule has 1 unspecified atom stereocenters. The Morgan fingerprint density at radius 3 is 1.29 bits per heavy atom. The molecule has 0 amide bonds. The van der Waals surface area contributed by atoms with Crippen molar-refractivity contribution in [2.75, 3.05) is 27.7 Å². The Kier molecular flexibility index (Phi) is 22.6. The number of hydrogen-bond donors (Lipinski definition) is 0. The van der Waals surface area contributed by atoms with E-state index in [1.165, 1.54) is 109 Å². The van der Waals surface area contributed by atoms with Crippen LogP contribution in [-0.2, 0) is 14.3 Å². The van der Waals surface area contributed by atoms with E-state index in [1.54, 1.807) is 0 Å². The number of rotatable bonds is 26. The zero-order chi connectivity index (χ0) is 26.2. The molecule has 0 aliphatic rings. The maximum Gasteiger partial charge on any atom is 0.306 e. The van der Waals surface area contributed by atoms with Gasteiger partial charge in [0.1, 0.15) is 6.54 Å². The molecule has 0 aliphatic heterocycles. The number of aliphatic carboxylic acids is 1. The number of carbonyl (C=O) groups excluding carboxylic acids is 2. The van der Waals surface area contributed by atoms with Crippen LogP contribution in [0.4, 0.5) is 0 Å². The zero-order valence-corrected chi connectivity index (χ0v) is 23.9. The van der Waals surface area contributed by atoms with Crippen LogP contribution in [0.15, 0.2) is 0 Å². The highest BCUT2D eigenvalue weighted by Crippen LogP contribution is 2.15. The van der Waals surface area contributed by atoms with Crippen LogP contribution in [0.2, 0.25) is 0 Å². The second-order valence-corrected chi connectivity index (χ2v) is 11.6. The summed E-state index contributed by atoms with van der Waals surface area (Å²) in [6.07, 6.45) is 26.2. The molecular formula is C30H59NO4. The highest BCUT2D eigenvalue weighted by molar-refractivity contribution is 5.70. The molecule has 0 saturated carbocycles. The van der Waals surface area contributed by atoms with Gasteiger partial charge in [0.15, 0.2) is 6.10 Å². The summed E-state index contributed by atoms with van der Waals surface area (Å²) in [4.78, 5) is 23.0. The number of ether oxygens (including phenoxy) is 1. The molecule has 1 atom stereocenters. The van der Waals surface area contributed by atoms with E-state index in [4.69, 9.17) is 4.74 Å². The molecule has 0 aromatic heterocycles. The molecule has 0 aromatic rings. The minimum absolute atomic E-state index is 0.236. The van der Waals surface area contributed by atoms with Crippen molar-refractivity contribution in [3.05, 3.63) is 0 Å². The summed E-state index contributed by atoms with van der Waals surface area (Å²) in [5.74, 6) is -1.46. The van der Waals surface area contributed by atoms with Gasteiger partial charge in [-0.3, -0.25) is 4.79 Å². The first-order valence-electron chi connectivity index (χ1n) is 14.9. The van der Waals surface area contributed by atoms with E-state index in [9.17, 15) is 14.7 Å². The summed E-state index contributed by atoms with van der Waals surface area (Å²) in [7, 11) is 5.86. The van der Waals surface area contributed by atoms with Gasteiger partial charge in [0.2, 0.25) is 0 Å². The summed E-state index contributed by atoms with van der Waals surface area (Å²) in [6, 6.07) is 0. The molecule has 0 fully saturated rings. The van der Waals surface area contributed by atoms with Crippen LogP contribution in [0.5, 0.6) is 0 Å². The van der Waals surface area contributed by atoms with Crippen LogP contribution in [0.25, 0.3) is 0 Å². The van der Waals surface area contributed by atoms with E-state index in [0.29, 0.717) is 17.4 Å². The van der Waals surface area contributed by atoms with Crippen molar-refractivity contribution in [1.82, 2.24) is 0 Å². The molecule has 0 saturated heterocycles. The number of hydrogen-bond acceptors (Lipinski definition) is 4. The van der Waals surface area contributed by atoms with E-state index in [0.717, 1.165) is 19.3 Å². The van der Waals surface area contributed by atoms with Crippen molar-refractivity contribution in [3.63, 3.8) is 0 Å². The molecule has 208 valence electrons. The lowest BCUT2D eigenvalue weighted by atomic mass is 10.0. The maximum absolute atomic E-state index is 12.1. The lowest BCUT2D eigenvalue weighted by Gasteiger charge is -2.29. The van der Waals surface area contributed by atoms with Crippen LogP contribution in [-0.4, -0.2) is 50.2 Å². The first-order valence-corrected chi connectivity index (χ1v) is 14.9. The van der Waals surface area contributed by atoms with Crippen LogP contribution in [0.3, 0.4) is 0 Å². The molecule has 0 N–H and O–H groups in total. The standard InChI is InChI=1S/C30H59NO4/c1-5-6-7-8-9-10-11-12-13-14-15-16-17-18-19-20-21-22-23-24-25-30(34)35-28(26-29(32)33)27-31(2,3)4/h28H,5-27H2,1-4H3. The molecule has 0 heterocycles. The van der Waals surface area contributed by atoms with Crippen molar-refractivity contribution >= 4 is 11.9 Å². The first kappa shape index (κ1) is 33.9. The quantitative estimate of drug-likeness (QED) is 0.0736. The summed E-state index contributed by atoms with van der Waals surface area (Å²) in [6.45, 7) is 2.75. The number of nitrogens with zero attached hydrogens (tertiary/aromatic N) is 1. The van der Waals surface area contributed by atoms with Gasteiger partial charge < -0.3 is 19.1 Å². The number of esters is 1. The SMILES string of the molecule is CCCCCCCCCCCCCCCCCCCCCCC(=O)OC(CC(=O)[O-])C[N+](C)(C)C. The fourth-order valence-corrected chi connectivity index (χ4v) is 4.71. The smallest absolute Gasteiger partial charge is 0.306 e. The topological polar surface area (TPSA) is 66.4 Å². The van der Waals surface area contributed by atoms with Crippen LogP contribution in [0, 0.1) is 0 Å². The Morgan fingerprint density at radius 2 is 0.971 bits per heavy atom. The van der Waals surface area contributed by atoms with E-state index >= 15 is 0 Å². The Hall–Kier alpha value is -1.10. The predicted octanol–water partition coefficient (Wildman–Crippen LogP) is 6.96. The Morgan fingerprint density at radius 1 is 0.629 bits per heavy atom. The Labute approximate surface area is 218 Å². The summed E-state index contributed by atoms with van der Waals surface area (Å²) >= 11 is 0. The van der Waals surface area contributed by atoms with Crippen molar-refractivity contribution in [2.24, 2.45) is 0 Å². The van der Waals surface area contributed by atoms with Crippen molar-refractivity contribution in [2.45, 2.75) is 154 Å². The van der Waals surface area contributed by atoms with Crippen LogP contribution in [0.1, 0.15) is 148 Å². The summed E-state index contributed by atoms with van der Waals surface area (Å²) in [5, 5.41) is 10.9. The molecule has 0 spiro atoms. The first-order chi connectivity index (χ1) is 16.7. The third-order valence-electron chi connectivity index (χ3n) is 6.68. The number of carboxylic acids is 1. The second-order valence-electron chi connectivity index (χ2n) is 11.6. The average molecular weight is 498 g/mol. The highest BCUT2D eigenvalue weighted by atomic mass is 16.5. The van der Waals surface area contributed by atoms with Gasteiger partial charge in [0.25, 0.3) is 0 Å². The van der Waals surface area contributed by atoms with E-state index in [2.05, 4.69) is 6.92 Å².